The van der Waals surface area contributed by atoms with Gasteiger partial charge in [0.25, 0.3) is 0 Å². The van der Waals surface area contributed by atoms with E-state index in [1.807, 2.05) is 6.07 Å². The summed E-state index contributed by atoms with van der Waals surface area (Å²) in [6.45, 7) is 2.74. The number of aromatic nitrogens is 1. The fraction of sp³-hybridized carbons (Fsp3) is 0.375. The Morgan fingerprint density at radius 2 is 2.33 bits per heavy atom. The van der Waals surface area contributed by atoms with Crippen LogP contribution in [0.25, 0.3) is 0 Å². The predicted molar refractivity (Wildman–Crippen MR) is 57.2 cm³/mol. The smallest absolute Gasteiger partial charge is 0.229 e. The Balaban J connectivity index is 2.75. The number of anilines is 1. The van der Waals surface area contributed by atoms with Gasteiger partial charge < -0.3 is 10.5 Å². The first-order valence-corrected chi connectivity index (χ1v) is 4.86. The van der Waals surface area contributed by atoms with E-state index in [1.165, 1.54) is 0 Å². The Morgan fingerprint density at radius 1 is 1.58 bits per heavy atom. The number of nitrogens with zero attached hydrogens (tertiary/aromatic N) is 1. The van der Waals surface area contributed by atoms with Crippen LogP contribution in [-0.4, -0.2) is 11.6 Å². The van der Waals surface area contributed by atoms with E-state index < -0.39 is 0 Å². The van der Waals surface area contributed by atoms with Crippen molar-refractivity contribution in [3.63, 3.8) is 0 Å². The van der Waals surface area contributed by atoms with Gasteiger partial charge in [0.1, 0.15) is 5.82 Å². The minimum Gasteiger partial charge on any atom is -0.477 e. The molecular weight excluding hydrogens is 267 g/mol. The number of ether oxygens (including phenoxy) is 1. The molecule has 0 atom stereocenters. The molecule has 4 heteroatoms. The molecule has 0 unspecified atom stereocenters. The van der Waals surface area contributed by atoms with Crippen molar-refractivity contribution in [3.05, 3.63) is 15.7 Å². The lowest BCUT2D eigenvalue weighted by Gasteiger charge is -2.05. The lowest BCUT2D eigenvalue weighted by atomic mass is 10.4. The van der Waals surface area contributed by atoms with Crippen molar-refractivity contribution < 1.29 is 4.74 Å². The van der Waals surface area contributed by atoms with Crippen LogP contribution in [0.2, 0.25) is 0 Å². The van der Waals surface area contributed by atoms with Crippen LogP contribution in [0.4, 0.5) is 5.82 Å². The van der Waals surface area contributed by atoms with Gasteiger partial charge >= 0.3 is 0 Å². The fourth-order valence-corrected chi connectivity index (χ4v) is 1.19. The lowest BCUT2D eigenvalue weighted by Crippen LogP contribution is -2.01. The molecule has 2 N–H and O–H groups in total. The largest absolute Gasteiger partial charge is 0.477 e. The highest BCUT2D eigenvalue weighted by atomic mass is 127. The average molecular weight is 278 g/mol. The highest BCUT2D eigenvalue weighted by molar-refractivity contribution is 14.1. The molecule has 0 bridgehead atoms. The number of halogens is 1. The number of nitrogens with two attached hydrogens (primary N) is 1. The van der Waals surface area contributed by atoms with E-state index in [9.17, 15) is 0 Å². The molecule has 1 heterocycles. The Kier molecular flexibility index (Phi) is 3.58. The van der Waals surface area contributed by atoms with E-state index in [2.05, 4.69) is 34.5 Å². The first-order valence-electron chi connectivity index (χ1n) is 3.79. The molecule has 1 rings (SSSR count). The molecule has 1 aromatic rings. The second-order valence-corrected chi connectivity index (χ2v) is 3.53. The monoisotopic (exact) mass is 278 g/mol. The summed E-state index contributed by atoms with van der Waals surface area (Å²) in [6, 6.07) is 3.66. The van der Waals surface area contributed by atoms with Gasteiger partial charge in [-0.05, 0) is 41.1 Å². The molecule has 0 radical (unpaired) electrons. The van der Waals surface area contributed by atoms with Crippen molar-refractivity contribution in [1.82, 2.24) is 4.98 Å². The van der Waals surface area contributed by atoms with E-state index in [0.29, 0.717) is 18.3 Å². The van der Waals surface area contributed by atoms with Crippen LogP contribution in [0, 0.1) is 3.57 Å². The normalized spacial score (nSPS) is 9.83. The molecule has 12 heavy (non-hydrogen) atoms. The third-order valence-electron chi connectivity index (χ3n) is 1.28. The number of nitrogen functional groups attached to an aromatic ring is 1. The first-order chi connectivity index (χ1) is 5.74. The summed E-state index contributed by atoms with van der Waals surface area (Å²) in [5.74, 6) is 1.14. The third-order valence-corrected chi connectivity index (χ3v) is 2.10. The molecule has 66 valence electrons. The highest BCUT2D eigenvalue weighted by Gasteiger charge is 2.01. The second kappa shape index (κ2) is 4.49. The van der Waals surface area contributed by atoms with Gasteiger partial charge in [-0.2, -0.15) is 4.98 Å². The molecule has 0 aliphatic heterocycles. The average Bonchev–Trinajstić information content (AvgIpc) is 2.07. The molecule has 3 nitrogen and oxygen atoms in total. The predicted octanol–water partition coefficient (Wildman–Crippen LogP) is 2.06. The summed E-state index contributed by atoms with van der Waals surface area (Å²) in [4.78, 5) is 4.06. The molecule has 0 saturated carbocycles. The Morgan fingerprint density at radius 3 is 3.00 bits per heavy atom. The van der Waals surface area contributed by atoms with Crippen LogP contribution in [0.5, 0.6) is 5.88 Å². The van der Waals surface area contributed by atoms with Crippen LogP contribution < -0.4 is 10.5 Å². The van der Waals surface area contributed by atoms with Gasteiger partial charge in [0.2, 0.25) is 5.88 Å². The van der Waals surface area contributed by atoms with E-state index in [4.69, 9.17) is 10.5 Å². The fourth-order valence-electron chi connectivity index (χ4n) is 0.738. The minimum absolute atomic E-state index is 0.501. The summed E-state index contributed by atoms with van der Waals surface area (Å²) in [7, 11) is 0. The maximum absolute atomic E-state index is 5.50. The first kappa shape index (κ1) is 9.57. The van der Waals surface area contributed by atoms with Gasteiger partial charge in [-0.15, -0.1) is 0 Å². The van der Waals surface area contributed by atoms with E-state index >= 15 is 0 Å². The van der Waals surface area contributed by atoms with Crippen LogP contribution in [0.15, 0.2) is 12.1 Å². The maximum atomic E-state index is 5.50. The summed E-state index contributed by atoms with van der Waals surface area (Å²) < 4.78 is 6.36. The zero-order valence-corrected chi connectivity index (χ0v) is 9.04. The van der Waals surface area contributed by atoms with Gasteiger partial charge in [-0.1, -0.05) is 6.92 Å². The molecule has 1 aromatic heterocycles. The molecule has 0 fully saturated rings. The van der Waals surface area contributed by atoms with Crippen molar-refractivity contribution >= 4 is 28.4 Å². The van der Waals surface area contributed by atoms with Crippen LogP contribution >= 0.6 is 22.6 Å². The summed E-state index contributed by atoms with van der Waals surface area (Å²) >= 11 is 2.17. The van der Waals surface area contributed by atoms with Crippen molar-refractivity contribution in [2.75, 3.05) is 12.3 Å². The lowest BCUT2D eigenvalue weighted by molar-refractivity contribution is 0.303. The van der Waals surface area contributed by atoms with E-state index in [0.717, 1.165) is 9.99 Å². The Labute approximate surface area is 85.5 Å². The summed E-state index contributed by atoms with van der Waals surface area (Å²) in [5.41, 5.74) is 5.50. The third kappa shape index (κ3) is 2.51. The van der Waals surface area contributed by atoms with Crippen molar-refractivity contribution in [2.24, 2.45) is 0 Å². The van der Waals surface area contributed by atoms with E-state index in [-0.39, 0.29) is 0 Å². The molecule has 0 aliphatic carbocycles. The highest BCUT2D eigenvalue weighted by Crippen LogP contribution is 2.19. The van der Waals surface area contributed by atoms with Crippen molar-refractivity contribution in [3.8, 4) is 5.88 Å². The number of hydrogen-bond donors (Lipinski definition) is 1. The van der Waals surface area contributed by atoms with Gasteiger partial charge in [0.05, 0.1) is 10.2 Å². The molecule has 0 aliphatic rings. The number of rotatable bonds is 3. The van der Waals surface area contributed by atoms with Gasteiger partial charge in [0.15, 0.2) is 0 Å². The second-order valence-electron chi connectivity index (χ2n) is 2.37. The zero-order valence-electron chi connectivity index (χ0n) is 6.88. The molecule has 0 saturated heterocycles. The minimum atomic E-state index is 0.501. The zero-order chi connectivity index (χ0) is 8.97. The molecule has 0 spiro atoms. The molecular formula is C8H11IN2O. The SMILES string of the molecule is CCCOc1nc(N)ccc1I. The van der Waals surface area contributed by atoms with Crippen LogP contribution in [0.3, 0.4) is 0 Å². The quantitative estimate of drug-likeness (QED) is 0.861. The summed E-state index contributed by atoms with van der Waals surface area (Å²) in [5, 5.41) is 0. The number of hydrogen-bond acceptors (Lipinski definition) is 3. The molecule has 0 aromatic carbocycles. The van der Waals surface area contributed by atoms with Crippen molar-refractivity contribution in [1.29, 1.82) is 0 Å². The Bertz CT molecular complexity index is 265. The topological polar surface area (TPSA) is 48.1 Å². The summed E-state index contributed by atoms with van der Waals surface area (Å²) in [6.07, 6.45) is 0.979. The Hall–Kier alpha value is -0.520. The van der Waals surface area contributed by atoms with Gasteiger partial charge in [-0.25, -0.2) is 0 Å². The molecule has 0 amide bonds. The van der Waals surface area contributed by atoms with E-state index in [1.54, 1.807) is 6.07 Å². The van der Waals surface area contributed by atoms with Crippen LogP contribution in [-0.2, 0) is 0 Å². The maximum Gasteiger partial charge on any atom is 0.229 e. The standard InChI is InChI=1S/C8H11IN2O/c1-2-5-12-8-6(9)3-4-7(10)11-8/h3-4H,2,5H2,1H3,(H2,10,11). The van der Waals surface area contributed by atoms with Crippen LogP contribution in [0.1, 0.15) is 13.3 Å². The van der Waals surface area contributed by atoms with Gasteiger partial charge in [-0.3, -0.25) is 0 Å². The van der Waals surface area contributed by atoms with Gasteiger partial charge in [0, 0.05) is 0 Å². The van der Waals surface area contributed by atoms with Crippen molar-refractivity contribution in [2.45, 2.75) is 13.3 Å². The number of pyridine rings is 1.